The average Bonchev–Trinajstić information content (AvgIpc) is 2.59. The Bertz CT molecular complexity index is 207. The predicted octanol–water partition coefficient (Wildman–Crippen LogP) is 6.29. The van der Waals surface area contributed by atoms with Crippen LogP contribution in [0.2, 0.25) is 18.1 Å². The van der Waals surface area contributed by atoms with Gasteiger partial charge in [0.25, 0.3) is 0 Å². The fraction of sp³-hybridized carbons (Fsp3) is 1.00. The van der Waals surface area contributed by atoms with Gasteiger partial charge in [0.1, 0.15) is 0 Å². The van der Waals surface area contributed by atoms with E-state index in [1.165, 1.54) is 57.8 Å². The van der Waals surface area contributed by atoms with Gasteiger partial charge >= 0.3 is 0 Å². The minimum absolute atomic E-state index is 0.201. The summed E-state index contributed by atoms with van der Waals surface area (Å²) >= 11 is 0. The van der Waals surface area contributed by atoms with Crippen molar-refractivity contribution in [3.8, 4) is 0 Å². The second kappa shape index (κ2) is 21.7. The van der Waals surface area contributed by atoms with E-state index < -0.39 is 0 Å². The Kier molecular flexibility index (Phi) is 22.3. The lowest BCUT2D eigenvalue weighted by atomic mass is 10.2. The first-order valence-electron chi connectivity index (χ1n) is 11.8. The lowest BCUT2D eigenvalue weighted by molar-refractivity contribution is 0.647. The van der Waals surface area contributed by atoms with Crippen LogP contribution in [0.5, 0.6) is 0 Å². The molecule has 0 rings (SSSR count). The molecule has 0 atom stereocenters. The molecule has 3 heteroatoms. The maximum absolute atomic E-state index is 2.34. The quantitative estimate of drug-likeness (QED) is 0.170. The summed E-state index contributed by atoms with van der Waals surface area (Å²) in [6, 6.07) is 5.24. The van der Waals surface area contributed by atoms with Gasteiger partial charge in [-0.2, -0.15) is 0 Å². The summed E-state index contributed by atoms with van der Waals surface area (Å²) in [4.78, 5) is 0. The highest BCUT2D eigenvalue weighted by Crippen LogP contribution is 2.14. The van der Waals surface area contributed by atoms with Gasteiger partial charge in [0.05, 0.1) is 0 Å². The maximum Gasteiger partial charge on any atom is 0.0210 e. The van der Waals surface area contributed by atoms with Crippen molar-refractivity contribution in [2.24, 2.45) is 0 Å². The van der Waals surface area contributed by atoms with E-state index in [2.05, 4.69) is 20.8 Å². The van der Waals surface area contributed by atoms with E-state index in [4.69, 9.17) is 0 Å². The molecule has 0 N–H and O–H groups in total. The molecule has 0 spiro atoms. The summed E-state index contributed by atoms with van der Waals surface area (Å²) in [5.74, 6) is 0. The summed E-state index contributed by atoms with van der Waals surface area (Å²) in [7, 11) is 0.726. The number of rotatable bonds is 20. The third-order valence-corrected chi connectivity index (χ3v) is 29.0. The van der Waals surface area contributed by atoms with Crippen molar-refractivity contribution in [3.05, 3.63) is 0 Å². The largest absolute Gasteiger partial charge is 0.0654 e. The van der Waals surface area contributed by atoms with Crippen LogP contribution in [0.3, 0.4) is 0 Å². The van der Waals surface area contributed by atoms with Crippen LogP contribution in [0, 0.1) is 0 Å². The normalized spacial score (nSPS) is 12.5. The first-order chi connectivity index (χ1) is 11.8. The molecule has 0 bridgehead atoms. The summed E-state index contributed by atoms with van der Waals surface area (Å²) in [5, 5.41) is 0. The summed E-state index contributed by atoms with van der Waals surface area (Å²) in [6.45, 7) is 7.01. The van der Waals surface area contributed by atoms with Crippen molar-refractivity contribution >= 4 is 25.9 Å². The second-order valence-electron chi connectivity index (χ2n) is 8.18. The fourth-order valence-electron chi connectivity index (χ4n) is 3.90. The Balaban J connectivity index is 3.72. The van der Waals surface area contributed by atoms with Crippen LogP contribution in [0.4, 0.5) is 0 Å². The molecule has 146 valence electrons. The van der Waals surface area contributed by atoms with Crippen molar-refractivity contribution < 1.29 is 0 Å². The van der Waals surface area contributed by atoms with E-state index in [1.54, 1.807) is 56.7 Å². The topological polar surface area (TPSA) is 0 Å². The van der Waals surface area contributed by atoms with Gasteiger partial charge in [-0.3, -0.25) is 0 Å². The fourth-order valence-corrected chi connectivity index (χ4v) is 28.2. The molecule has 0 nitrogen and oxygen atoms in total. The molecule has 0 aliphatic carbocycles. The Hall–Kier alpha value is 0.651. The van der Waals surface area contributed by atoms with Crippen LogP contribution < -0.4 is 0 Å². The SMILES string of the molecule is CCCCCCC[SiH2][SiH2][SiH](CCCCCCC)CCCCCCC. The summed E-state index contributed by atoms with van der Waals surface area (Å²) < 4.78 is 0. The molecule has 24 heavy (non-hydrogen) atoms. The van der Waals surface area contributed by atoms with E-state index in [0.29, 0.717) is 17.6 Å². The molecule has 0 aliphatic rings. The number of unbranched alkanes of at least 4 members (excludes halogenated alkanes) is 12. The molecule has 0 aromatic carbocycles. The highest BCUT2D eigenvalue weighted by Gasteiger charge is 2.10. The van der Waals surface area contributed by atoms with Gasteiger partial charge in [-0.15, -0.1) is 0 Å². The van der Waals surface area contributed by atoms with Crippen LogP contribution in [0.1, 0.15) is 117 Å². The van der Waals surface area contributed by atoms with E-state index in [9.17, 15) is 0 Å². The first-order valence-corrected chi connectivity index (χ1v) is 21.7. The molecule has 0 amide bonds. The van der Waals surface area contributed by atoms with Gasteiger partial charge in [-0.1, -0.05) is 135 Å². The minimum atomic E-state index is -0.201. The van der Waals surface area contributed by atoms with Gasteiger partial charge in [0.15, 0.2) is 0 Å². The van der Waals surface area contributed by atoms with Crippen LogP contribution >= 0.6 is 0 Å². The summed E-state index contributed by atoms with van der Waals surface area (Å²) in [6.07, 6.45) is 22.7. The lowest BCUT2D eigenvalue weighted by Crippen LogP contribution is -2.27. The maximum atomic E-state index is 2.34. The molecule has 0 aliphatic heterocycles. The van der Waals surface area contributed by atoms with Gasteiger partial charge < -0.3 is 0 Å². The van der Waals surface area contributed by atoms with Gasteiger partial charge in [0.2, 0.25) is 0 Å². The van der Waals surface area contributed by atoms with E-state index >= 15 is 0 Å². The first kappa shape index (κ1) is 24.7. The number of hydrogen-bond acceptors (Lipinski definition) is 0. The van der Waals surface area contributed by atoms with E-state index in [-0.39, 0.29) is 8.31 Å². The zero-order valence-corrected chi connectivity index (χ0v) is 21.7. The Morgan fingerprint density at radius 1 is 0.500 bits per heavy atom. The molecule has 0 saturated heterocycles. The highest BCUT2D eigenvalue weighted by atomic mass is 29.5. The zero-order chi connectivity index (χ0) is 17.7. The molecule has 0 fully saturated rings. The van der Waals surface area contributed by atoms with Gasteiger partial charge in [-0.25, -0.2) is 0 Å². The third-order valence-electron chi connectivity index (χ3n) is 5.65. The van der Waals surface area contributed by atoms with Crippen molar-refractivity contribution in [3.63, 3.8) is 0 Å². The molecule has 0 saturated carbocycles. The van der Waals surface area contributed by atoms with Crippen molar-refractivity contribution in [1.82, 2.24) is 0 Å². The van der Waals surface area contributed by atoms with E-state index in [1.807, 2.05) is 0 Å². The third kappa shape index (κ3) is 19.0. The Labute approximate surface area is 161 Å². The molecule has 0 aromatic heterocycles. The zero-order valence-electron chi connectivity index (χ0n) is 17.7. The van der Waals surface area contributed by atoms with Crippen LogP contribution in [-0.4, -0.2) is 25.9 Å². The minimum Gasteiger partial charge on any atom is -0.0654 e. The monoisotopic (exact) mass is 386 g/mol. The molecule has 0 heterocycles. The molecule has 0 aromatic rings. The van der Waals surface area contributed by atoms with E-state index in [0.717, 1.165) is 0 Å². The summed E-state index contributed by atoms with van der Waals surface area (Å²) in [5.41, 5.74) is 0. The molecular formula is C21H50Si3. The highest BCUT2D eigenvalue weighted by molar-refractivity contribution is 7.35. The predicted molar refractivity (Wildman–Crippen MR) is 125 cm³/mol. The lowest BCUT2D eigenvalue weighted by Gasteiger charge is -2.15. The molecular weight excluding hydrogens is 336 g/mol. The average molecular weight is 387 g/mol. The van der Waals surface area contributed by atoms with Gasteiger partial charge in [0, 0.05) is 25.9 Å². The smallest absolute Gasteiger partial charge is 0.0210 e. The van der Waals surface area contributed by atoms with Gasteiger partial charge in [-0.05, 0) is 0 Å². The second-order valence-corrected chi connectivity index (χ2v) is 25.6. The molecule has 0 radical (unpaired) electrons. The van der Waals surface area contributed by atoms with Crippen molar-refractivity contribution in [2.45, 2.75) is 135 Å². The van der Waals surface area contributed by atoms with Crippen LogP contribution in [-0.2, 0) is 0 Å². The van der Waals surface area contributed by atoms with Crippen LogP contribution in [0.15, 0.2) is 0 Å². The number of hydrogen-bond donors (Lipinski definition) is 0. The Morgan fingerprint density at radius 3 is 1.38 bits per heavy atom. The van der Waals surface area contributed by atoms with Crippen molar-refractivity contribution in [2.75, 3.05) is 0 Å². The Morgan fingerprint density at radius 2 is 0.917 bits per heavy atom. The van der Waals surface area contributed by atoms with Crippen molar-refractivity contribution in [1.29, 1.82) is 0 Å². The molecule has 0 unspecified atom stereocenters. The van der Waals surface area contributed by atoms with Crippen LogP contribution in [0.25, 0.3) is 0 Å². The standard InChI is InChI=1S/C21H50Si3/c1-4-7-10-13-16-19-22-23-24(20-17-14-11-8-5-2)21-18-15-12-9-6-3/h24H,4-23H2,1-3H3.